The van der Waals surface area contributed by atoms with E-state index in [4.69, 9.17) is 4.61 Å². The van der Waals surface area contributed by atoms with E-state index in [1.165, 1.54) is 7.11 Å². The molecule has 0 N–H and O–H groups in total. The SMILES string of the molecule is CB=S(#N)OC. The zero-order valence-corrected chi connectivity index (χ0v) is 4.66. The molecule has 0 aromatic heterocycles. The van der Waals surface area contributed by atoms with Crippen LogP contribution in [0.2, 0.25) is 6.82 Å². The van der Waals surface area contributed by atoms with Gasteiger partial charge < -0.3 is 0 Å². The van der Waals surface area contributed by atoms with Gasteiger partial charge in [0.1, 0.15) is 0 Å². The fourth-order valence-electron chi connectivity index (χ4n) is 0.0962. The molecule has 0 amide bonds. The Morgan fingerprint density at radius 2 is 2.33 bits per heavy atom. The maximum atomic E-state index is 8.42. The summed E-state index contributed by atoms with van der Waals surface area (Å²) in [5, 5.41) is 0. The summed E-state index contributed by atoms with van der Waals surface area (Å²) in [4.78, 5) is 0. The third-order valence-electron chi connectivity index (χ3n) is 0.372. The molecule has 2 nitrogen and oxygen atoms in total. The summed E-state index contributed by atoms with van der Waals surface area (Å²) in [6, 6.07) is 0. The molecule has 0 atom stereocenters. The Morgan fingerprint density at radius 1 is 1.83 bits per heavy atom. The first-order valence-electron chi connectivity index (χ1n) is 1.57. The quantitative estimate of drug-likeness (QED) is 0.428. The van der Waals surface area contributed by atoms with Crippen LogP contribution in [-0.2, 0) is 4.18 Å². The Hall–Kier alpha value is -0.0451. The van der Waals surface area contributed by atoms with Crippen molar-refractivity contribution < 1.29 is 4.18 Å². The van der Waals surface area contributed by atoms with Gasteiger partial charge in [-0.15, -0.1) is 0 Å². The Balaban J connectivity index is 3.66. The molecule has 0 fully saturated rings. The van der Waals surface area contributed by atoms with E-state index in [-0.39, 0.29) is 0 Å². The van der Waals surface area contributed by atoms with Crippen LogP contribution in [0.4, 0.5) is 0 Å². The van der Waals surface area contributed by atoms with E-state index >= 15 is 0 Å². The van der Waals surface area contributed by atoms with Crippen LogP contribution in [0.1, 0.15) is 0 Å². The van der Waals surface area contributed by atoms with Gasteiger partial charge in [-0.25, -0.2) is 0 Å². The molecule has 0 radical (unpaired) electrons. The van der Waals surface area contributed by atoms with Gasteiger partial charge in [-0.05, 0) is 0 Å². The minimum absolute atomic E-state index is 0.909. The van der Waals surface area contributed by atoms with E-state index in [1.54, 1.807) is 13.0 Å². The Morgan fingerprint density at radius 3 is 2.33 bits per heavy atom. The van der Waals surface area contributed by atoms with E-state index < -0.39 is 10.2 Å². The third kappa shape index (κ3) is 2.21. The van der Waals surface area contributed by atoms with Crippen molar-refractivity contribution in [2.24, 2.45) is 0 Å². The molecule has 4 heteroatoms. The van der Waals surface area contributed by atoms with E-state index in [1.807, 2.05) is 0 Å². The number of hydrogen-bond acceptors (Lipinski definition) is 2. The average molecular weight is 103 g/mol. The van der Waals surface area contributed by atoms with Crippen LogP contribution < -0.4 is 0 Å². The van der Waals surface area contributed by atoms with Gasteiger partial charge in [-0.1, -0.05) is 0 Å². The van der Waals surface area contributed by atoms with E-state index in [0.29, 0.717) is 0 Å². The molecule has 0 aliphatic carbocycles. The van der Waals surface area contributed by atoms with Gasteiger partial charge in [0.25, 0.3) is 0 Å². The summed E-state index contributed by atoms with van der Waals surface area (Å²) < 4.78 is 12.8. The maximum absolute atomic E-state index is 8.42. The van der Waals surface area contributed by atoms with E-state index in [2.05, 4.69) is 4.18 Å². The van der Waals surface area contributed by atoms with Gasteiger partial charge in [0.2, 0.25) is 0 Å². The average Bonchev–Trinajstić information content (AvgIpc) is 1.65. The van der Waals surface area contributed by atoms with Gasteiger partial charge in [0.15, 0.2) is 0 Å². The molecule has 0 saturated heterocycles. The molecular formula is C2H6BNOS. The molecule has 0 aliphatic rings. The second kappa shape index (κ2) is 3.16. The fourth-order valence-corrected chi connectivity index (χ4v) is 0.289. The topological polar surface area (TPSA) is 33.0 Å². The second-order valence-electron chi connectivity index (χ2n) is 0.679. The van der Waals surface area contributed by atoms with Gasteiger partial charge in [-0.3, -0.25) is 0 Å². The molecule has 0 heterocycles. The van der Waals surface area contributed by atoms with Crippen molar-refractivity contribution in [1.29, 1.82) is 4.61 Å². The number of nitrogens with zero attached hydrogens (tertiary/aromatic N) is 1. The molecule has 0 aromatic carbocycles. The number of rotatable bonds is 0. The van der Waals surface area contributed by atoms with Crippen LogP contribution >= 0.6 is 10.2 Å². The van der Waals surface area contributed by atoms with Crippen LogP contribution in [0.25, 0.3) is 0 Å². The standard InChI is InChI=1S/C2H6BNOS/c1-3-6(4)5-2/h1-2H3. The van der Waals surface area contributed by atoms with Gasteiger partial charge in [-0.2, -0.15) is 0 Å². The Bertz CT molecular complexity index is 135. The van der Waals surface area contributed by atoms with Crippen LogP contribution in [0, 0.1) is 4.61 Å². The molecule has 6 heavy (non-hydrogen) atoms. The zero-order valence-electron chi connectivity index (χ0n) is 3.84. The summed E-state index contributed by atoms with van der Waals surface area (Å²) in [6.45, 7) is 1.74. The number of hydrogen-bond donors (Lipinski definition) is 0. The van der Waals surface area contributed by atoms with Gasteiger partial charge in [0.05, 0.1) is 0 Å². The fraction of sp³-hybridized carbons (Fsp3) is 1.00. The predicted octanol–water partition coefficient (Wildman–Crippen LogP) is 0.963. The molecule has 0 aliphatic heterocycles. The molecule has 0 unspecified atom stereocenters. The van der Waals surface area contributed by atoms with Crippen molar-refractivity contribution in [3.05, 3.63) is 0 Å². The summed E-state index contributed by atoms with van der Waals surface area (Å²) in [5.74, 6) is 0. The van der Waals surface area contributed by atoms with E-state index in [9.17, 15) is 0 Å². The predicted molar refractivity (Wildman–Crippen MR) is 27.9 cm³/mol. The molecule has 0 bridgehead atoms. The molecule has 0 rings (SSSR count). The monoisotopic (exact) mass is 103 g/mol. The van der Waals surface area contributed by atoms with Crippen molar-refractivity contribution in [3.8, 4) is 0 Å². The zero-order chi connectivity index (χ0) is 4.99. The van der Waals surface area contributed by atoms with Gasteiger partial charge >= 0.3 is 39.1 Å². The molecule has 0 aromatic rings. The Labute approximate surface area is 40.0 Å². The molecular weight excluding hydrogens is 96.9 g/mol. The van der Waals surface area contributed by atoms with Gasteiger partial charge in [0, 0.05) is 0 Å². The minimum atomic E-state index is -0.909. The summed E-state index contributed by atoms with van der Waals surface area (Å²) in [7, 11) is 0.552. The van der Waals surface area contributed by atoms with Crippen LogP contribution in [-0.4, -0.2) is 13.3 Å². The molecule has 0 saturated carbocycles. The molecule has 34 valence electrons. The van der Waals surface area contributed by atoms with Crippen molar-refractivity contribution >= 4 is 16.4 Å². The normalized spacial score (nSPS) is 10.5. The molecule has 0 spiro atoms. The van der Waals surface area contributed by atoms with Crippen molar-refractivity contribution in [3.63, 3.8) is 0 Å². The van der Waals surface area contributed by atoms with E-state index in [0.717, 1.165) is 0 Å². The summed E-state index contributed by atoms with van der Waals surface area (Å²) in [5.41, 5.74) is 0. The summed E-state index contributed by atoms with van der Waals surface area (Å²) in [6.07, 6.45) is 1.58. The Kier molecular flexibility index (Phi) is 3.13. The van der Waals surface area contributed by atoms with Crippen LogP contribution in [0.5, 0.6) is 0 Å². The second-order valence-corrected chi connectivity index (χ2v) is 2.04. The first-order chi connectivity index (χ1) is 2.81. The van der Waals surface area contributed by atoms with Crippen LogP contribution in [0.15, 0.2) is 0 Å². The van der Waals surface area contributed by atoms with Crippen molar-refractivity contribution in [2.75, 3.05) is 7.11 Å². The summed E-state index contributed by atoms with van der Waals surface area (Å²) >= 11 is 0. The van der Waals surface area contributed by atoms with Crippen molar-refractivity contribution in [1.82, 2.24) is 0 Å². The van der Waals surface area contributed by atoms with Crippen molar-refractivity contribution in [2.45, 2.75) is 6.82 Å². The first-order valence-corrected chi connectivity index (χ1v) is 2.74. The third-order valence-corrected chi connectivity index (χ3v) is 1.12. The van der Waals surface area contributed by atoms with Crippen LogP contribution in [0.3, 0.4) is 0 Å². The first kappa shape index (κ1) is 5.95.